The molecule has 3 aromatic rings. The van der Waals surface area contributed by atoms with Gasteiger partial charge in [0.25, 0.3) is 0 Å². The van der Waals surface area contributed by atoms with Crippen LogP contribution in [0.3, 0.4) is 0 Å². The van der Waals surface area contributed by atoms with Gasteiger partial charge < -0.3 is 5.32 Å². The molecule has 4 nitrogen and oxygen atoms in total. The zero-order chi connectivity index (χ0) is 14.7. The van der Waals surface area contributed by atoms with E-state index < -0.39 is 0 Å². The van der Waals surface area contributed by atoms with Crippen LogP contribution in [0.5, 0.6) is 0 Å². The smallest absolute Gasteiger partial charge is 0.224 e. The topological polar surface area (TPSA) is 54.9 Å². The number of fused-ring (bicyclic) bond motifs is 1. The van der Waals surface area contributed by atoms with E-state index >= 15 is 0 Å². The maximum absolute atomic E-state index is 11.6. The zero-order valence-corrected chi connectivity index (χ0v) is 12.5. The zero-order valence-electron chi connectivity index (χ0n) is 11.7. The second-order valence-corrected chi connectivity index (χ2v) is 5.70. The van der Waals surface area contributed by atoms with Crippen molar-refractivity contribution in [1.29, 1.82) is 0 Å². The van der Waals surface area contributed by atoms with E-state index in [2.05, 4.69) is 15.3 Å². The Kier molecular flexibility index (Phi) is 3.92. The minimum atomic E-state index is 0.0504. The molecule has 21 heavy (non-hydrogen) atoms. The van der Waals surface area contributed by atoms with E-state index in [0.717, 1.165) is 33.0 Å². The van der Waals surface area contributed by atoms with Gasteiger partial charge in [0, 0.05) is 23.9 Å². The normalized spacial score (nSPS) is 10.7. The lowest BCUT2D eigenvalue weighted by Gasteiger charge is -2.04. The number of anilines is 1. The number of rotatable bonds is 4. The Morgan fingerprint density at radius 2 is 2.05 bits per heavy atom. The van der Waals surface area contributed by atoms with Gasteiger partial charge in [0.05, 0.1) is 0 Å². The highest BCUT2D eigenvalue weighted by molar-refractivity contribution is 7.21. The summed E-state index contributed by atoms with van der Waals surface area (Å²) in [7, 11) is 0. The van der Waals surface area contributed by atoms with Gasteiger partial charge in [-0.2, -0.15) is 0 Å². The van der Waals surface area contributed by atoms with Crippen molar-refractivity contribution in [2.75, 3.05) is 5.32 Å². The lowest BCUT2D eigenvalue weighted by atomic mass is 10.2. The summed E-state index contributed by atoms with van der Waals surface area (Å²) in [6, 6.07) is 11.6. The SMILES string of the molecule is CCCC(=O)Nc1ccc(-c2nc3cccnc3s2)cc1. The number of benzene rings is 1. The molecular weight excluding hydrogens is 282 g/mol. The van der Waals surface area contributed by atoms with Crippen molar-refractivity contribution in [2.24, 2.45) is 0 Å². The van der Waals surface area contributed by atoms with Crippen LogP contribution in [0.25, 0.3) is 20.9 Å². The first-order valence-corrected chi connectivity index (χ1v) is 7.70. The van der Waals surface area contributed by atoms with Crippen molar-refractivity contribution in [3.05, 3.63) is 42.6 Å². The molecule has 0 aliphatic rings. The first kappa shape index (κ1) is 13.7. The van der Waals surface area contributed by atoms with Crippen LogP contribution in [-0.2, 0) is 4.79 Å². The van der Waals surface area contributed by atoms with E-state index in [0.29, 0.717) is 6.42 Å². The number of amides is 1. The summed E-state index contributed by atoms with van der Waals surface area (Å²) >= 11 is 1.57. The molecule has 1 N–H and O–H groups in total. The fraction of sp³-hybridized carbons (Fsp3) is 0.188. The van der Waals surface area contributed by atoms with Gasteiger partial charge in [-0.3, -0.25) is 4.79 Å². The molecule has 0 bridgehead atoms. The van der Waals surface area contributed by atoms with Crippen LogP contribution in [0.1, 0.15) is 19.8 Å². The van der Waals surface area contributed by atoms with Crippen LogP contribution in [0.4, 0.5) is 5.69 Å². The highest BCUT2D eigenvalue weighted by Crippen LogP contribution is 2.29. The van der Waals surface area contributed by atoms with Gasteiger partial charge in [-0.15, -0.1) is 0 Å². The van der Waals surface area contributed by atoms with E-state index in [9.17, 15) is 4.79 Å². The predicted molar refractivity (Wildman–Crippen MR) is 86.4 cm³/mol. The van der Waals surface area contributed by atoms with Crippen LogP contribution in [0.2, 0.25) is 0 Å². The highest BCUT2D eigenvalue weighted by Gasteiger charge is 2.07. The Hall–Kier alpha value is -2.27. The summed E-state index contributed by atoms with van der Waals surface area (Å²) in [5.74, 6) is 0.0504. The highest BCUT2D eigenvalue weighted by atomic mass is 32.1. The van der Waals surface area contributed by atoms with Crippen LogP contribution in [0, 0.1) is 0 Å². The van der Waals surface area contributed by atoms with E-state index in [1.165, 1.54) is 0 Å². The summed E-state index contributed by atoms with van der Waals surface area (Å²) in [5, 5.41) is 3.82. The summed E-state index contributed by atoms with van der Waals surface area (Å²) in [6.07, 6.45) is 3.17. The quantitative estimate of drug-likeness (QED) is 0.789. The summed E-state index contributed by atoms with van der Waals surface area (Å²) in [4.78, 5) is 21.4. The third kappa shape index (κ3) is 3.08. The Balaban J connectivity index is 1.81. The second-order valence-electron chi connectivity index (χ2n) is 4.72. The molecule has 0 unspecified atom stereocenters. The molecule has 2 aromatic heterocycles. The summed E-state index contributed by atoms with van der Waals surface area (Å²) in [5.41, 5.74) is 2.76. The van der Waals surface area contributed by atoms with Gasteiger partial charge in [-0.1, -0.05) is 18.3 Å². The molecule has 106 valence electrons. The summed E-state index contributed by atoms with van der Waals surface area (Å²) in [6.45, 7) is 1.99. The number of carbonyl (C=O) groups excluding carboxylic acids is 1. The summed E-state index contributed by atoms with van der Waals surface area (Å²) < 4.78 is 0. The number of hydrogen-bond acceptors (Lipinski definition) is 4. The molecule has 0 saturated heterocycles. The Morgan fingerprint density at radius 3 is 2.76 bits per heavy atom. The molecular formula is C16H15N3OS. The number of hydrogen-bond donors (Lipinski definition) is 1. The minimum absolute atomic E-state index is 0.0504. The van der Waals surface area contributed by atoms with Gasteiger partial charge in [0.15, 0.2) is 0 Å². The maximum atomic E-state index is 11.6. The van der Waals surface area contributed by atoms with Crippen LogP contribution in [-0.4, -0.2) is 15.9 Å². The van der Waals surface area contributed by atoms with Gasteiger partial charge in [0.2, 0.25) is 5.91 Å². The molecule has 0 atom stereocenters. The second kappa shape index (κ2) is 6.01. The van der Waals surface area contributed by atoms with Gasteiger partial charge in [-0.25, -0.2) is 9.97 Å². The molecule has 0 aliphatic heterocycles. The number of pyridine rings is 1. The molecule has 2 heterocycles. The third-order valence-electron chi connectivity index (χ3n) is 3.06. The van der Waals surface area contributed by atoms with Crippen molar-refractivity contribution in [2.45, 2.75) is 19.8 Å². The standard InChI is InChI=1S/C16H15N3OS/c1-2-4-14(20)18-12-8-6-11(7-9-12)15-19-13-5-3-10-17-16(13)21-15/h3,5-10H,2,4H2,1H3,(H,18,20). The lowest BCUT2D eigenvalue weighted by Crippen LogP contribution is -2.10. The van der Waals surface area contributed by atoms with Crippen molar-refractivity contribution in [3.8, 4) is 10.6 Å². The Labute approximate surface area is 126 Å². The Morgan fingerprint density at radius 1 is 1.24 bits per heavy atom. The van der Waals surface area contributed by atoms with Crippen molar-refractivity contribution >= 4 is 33.3 Å². The largest absolute Gasteiger partial charge is 0.326 e. The van der Waals surface area contributed by atoms with Gasteiger partial charge in [-0.05, 0) is 42.8 Å². The minimum Gasteiger partial charge on any atom is -0.326 e. The molecule has 3 rings (SSSR count). The third-order valence-corrected chi connectivity index (χ3v) is 4.09. The maximum Gasteiger partial charge on any atom is 0.224 e. The number of thiazole rings is 1. The molecule has 0 radical (unpaired) electrons. The number of carbonyl (C=O) groups is 1. The Bertz CT molecular complexity index is 732. The lowest BCUT2D eigenvalue weighted by molar-refractivity contribution is -0.116. The van der Waals surface area contributed by atoms with E-state index in [1.54, 1.807) is 17.5 Å². The molecule has 0 aliphatic carbocycles. The van der Waals surface area contributed by atoms with Crippen molar-refractivity contribution in [1.82, 2.24) is 9.97 Å². The van der Waals surface area contributed by atoms with Crippen LogP contribution < -0.4 is 5.32 Å². The van der Waals surface area contributed by atoms with E-state index in [-0.39, 0.29) is 5.91 Å². The first-order chi connectivity index (χ1) is 10.3. The fourth-order valence-electron chi connectivity index (χ4n) is 2.04. The molecule has 0 spiro atoms. The molecule has 1 amide bonds. The predicted octanol–water partition coefficient (Wildman–Crippen LogP) is 4.10. The number of aromatic nitrogens is 2. The van der Waals surface area contributed by atoms with Gasteiger partial charge >= 0.3 is 0 Å². The van der Waals surface area contributed by atoms with E-state index in [4.69, 9.17) is 0 Å². The number of nitrogens with zero attached hydrogens (tertiary/aromatic N) is 2. The van der Waals surface area contributed by atoms with Crippen molar-refractivity contribution < 1.29 is 4.79 Å². The van der Waals surface area contributed by atoms with Gasteiger partial charge in [0.1, 0.15) is 15.4 Å². The van der Waals surface area contributed by atoms with Crippen LogP contribution >= 0.6 is 11.3 Å². The van der Waals surface area contributed by atoms with Crippen molar-refractivity contribution in [3.63, 3.8) is 0 Å². The molecule has 0 saturated carbocycles. The number of nitrogens with one attached hydrogen (secondary N) is 1. The fourth-order valence-corrected chi connectivity index (χ4v) is 2.95. The first-order valence-electron chi connectivity index (χ1n) is 6.88. The van der Waals surface area contributed by atoms with E-state index in [1.807, 2.05) is 43.3 Å². The average molecular weight is 297 g/mol. The van der Waals surface area contributed by atoms with Crippen LogP contribution in [0.15, 0.2) is 42.6 Å². The molecule has 0 fully saturated rings. The monoisotopic (exact) mass is 297 g/mol. The molecule has 1 aromatic carbocycles. The average Bonchev–Trinajstić information content (AvgIpc) is 2.92. The molecule has 5 heteroatoms.